The molecule has 2 rings (SSSR count). The molecule has 0 spiro atoms. The van der Waals surface area contributed by atoms with Crippen molar-refractivity contribution in [3.8, 4) is 0 Å². The Labute approximate surface area is 174 Å². The van der Waals surface area contributed by atoms with Gasteiger partial charge in [0.15, 0.2) is 5.96 Å². The van der Waals surface area contributed by atoms with Crippen molar-refractivity contribution in [1.29, 1.82) is 0 Å². The highest BCUT2D eigenvalue weighted by Crippen LogP contribution is 2.12. The van der Waals surface area contributed by atoms with Crippen LogP contribution in [0.25, 0.3) is 0 Å². The summed E-state index contributed by atoms with van der Waals surface area (Å²) >= 11 is 0. The molecule has 1 aromatic rings. The number of pyridine rings is 1. The molecule has 2 heterocycles. The van der Waals surface area contributed by atoms with E-state index in [1.807, 2.05) is 37.2 Å². The Morgan fingerprint density at radius 3 is 2.92 bits per heavy atom. The molecular formula is C18H32IN5O2. The number of ether oxygens (including phenoxy) is 2. The molecule has 7 nitrogen and oxygen atoms in total. The summed E-state index contributed by atoms with van der Waals surface area (Å²) in [6.07, 6.45) is 2.07. The molecule has 2 N–H and O–H groups in total. The standard InChI is InChI=1S/C18H31N5O2.HI/c1-19-18(20-9-5-10-24-13-15-8-11-25-14-15)21-12-16-6-4-7-17(22-16)23(2)3;/h4,6-7,15H,5,8-14H2,1-3H3,(H2,19,20,21);1H. The van der Waals surface area contributed by atoms with Gasteiger partial charge >= 0.3 is 0 Å². The van der Waals surface area contributed by atoms with Crippen molar-refractivity contribution in [2.45, 2.75) is 19.4 Å². The third-order valence-electron chi connectivity index (χ3n) is 4.05. The Bertz CT molecular complexity index is 536. The van der Waals surface area contributed by atoms with Crippen molar-refractivity contribution in [3.63, 3.8) is 0 Å². The number of nitrogens with one attached hydrogen (secondary N) is 2. The largest absolute Gasteiger partial charge is 0.381 e. The number of aliphatic imine (C=N–C) groups is 1. The lowest BCUT2D eigenvalue weighted by Crippen LogP contribution is -2.37. The Kier molecular flexibility index (Phi) is 11.5. The fourth-order valence-corrected chi connectivity index (χ4v) is 2.56. The molecule has 1 aromatic heterocycles. The zero-order valence-electron chi connectivity index (χ0n) is 16.0. The van der Waals surface area contributed by atoms with Gasteiger partial charge in [-0.3, -0.25) is 4.99 Å². The SMILES string of the molecule is CN=C(NCCCOCC1CCOC1)NCc1cccc(N(C)C)n1.I. The van der Waals surface area contributed by atoms with E-state index in [4.69, 9.17) is 9.47 Å². The van der Waals surface area contributed by atoms with Gasteiger partial charge in [-0.2, -0.15) is 0 Å². The molecule has 1 atom stereocenters. The first kappa shape index (κ1) is 22.9. The quantitative estimate of drug-likeness (QED) is 0.245. The number of rotatable bonds is 9. The average molecular weight is 477 g/mol. The molecular weight excluding hydrogens is 445 g/mol. The predicted octanol–water partition coefficient (Wildman–Crippen LogP) is 1.87. The fraction of sp³-hybridized carbons (Fsp3) is 0.667. The Balaban J connectivity index is 0.00000338. The van der Waals surface area contributed by atoms with Gasteiger partial charge in [0.2, 0.25) is 0 Å². The van der Waals surface area contributed by atoms with Crippen LogP contribution >= 0.6 is 24.0 Å². The van der Waals surface area contributed by atoms with Crippen LogP contribution in [0.3, 0.4) is 0 Å². The summed E-state index contributed by atoms with van der Waals surface area (Å²) in [5.74, 6) is 2.31. The molecule has 1 aliphatic rings. The number of anilines is 1. The second-order valence-corrected chi connectivity index (χ2v) is 6.39. The maximum absolute atomic E-state index is 5.70. The third kappa shape index (κ3) is 8.50. The van der Waals surface area contributed by atoms with Gasteiger partial charge in [-0.15, -0.1) is 24.0 Å². The molecule has 148 valence electrons. The highest BCUT2D eigenvalue weighted by atomic mass is 127. The van der Waals surface area contributed by atoms with Crippen LogP contribution in [0.4, 0.5) is 5.82 Å². The van der Waals surface area contributed by atoms with Crippen LogP contribution in [0.1, 0.15) is 18.5 Å². The second-order valence-electron chi connectivity index (χ2n) is 6.39. The summed E-state index contributed by atoms with van der Waals surface area (Å²) in [6.45, 7) is 4.75. The summed E-state index contributed by atoms with van der Waals surface area (Å²) < 4.78 is 11.0. The normalized spacial score (nSPS) is 16.9. The van der Waals surface area contributed by atoms with E-state index in [1.165, 1.54) is 0 Å². The van der Waals surface area contributed by atoms with E-state index in [1.54, 1.807) is 7.05 Å². The minimum atomic E-state index is 0. The Morgan fingerprint density at radius 1 is 1.38 bits per heavy atom. The first-order chi connectivity index (χ1) is 12.2. The molecule has 26 heavy (non-hydrogen) atoms. The van der Waals surface area contributed by atoms with E-state index in [2.05, 4.69) is 20.6 Å². The van der Waals surface area contributed by atoms with Gasteiger partial charge in [-0.1, -0.05) is 6.07 Å². The predicted molar refractivity (Wildman–Crippen MR) is 117 cm³/mol. The lowest BCUT2D eigenvalue weighted by atomic mass is 10.1. The number of hydrogen-bond donors (Lipinski definition) is 2. The molecule has 1 unspecified atom stereocenters. The second kappa shape index (κ2) is 13.1. The van der Waals surface area contributed by atoms with Gasteiger partial charge in [-0.25, -0.2) is 4.98 Å². The van der Waals surface area contributed by atoms with E-state index in [-0.39, 0.29) is 24.0 Å². The summed E-state index contributed by atoms with van der Waals surface area (Å²) in [5, 5.41) is 6.59. The van der Waals surface area contributed by atoms with E-state index in [9.17, 15) is 0 Å². The van der Waals surface area contributed by atoms with Crippen molar-refractivity contribution in [2.75, 3.05) is 59.0 Å². The number of halogens is 1. The summed E-state index contributed by atoms with van der Waals surface area (Å²) in [7, 11) is 5.75. The van der Waals surface area contributed by atoms with Crippen LogP contribution in [0.2, 0.25) is 0 Å². The van der Waals surface area contributed by atoms with Crippen LogP contribution < -0.4 is 15.5 Å². The molecule has 8 heteroatoms. The van der Waals surface area contributed by atoms with Gasteiger partial charge < -0.3 is 25.0 Å². The van der Waals surface area contributed by atoms with E-state index in [0.29, 0.717) is 12.5 Å². The molecule has 0 bridgehead atoms. The van der Waals surface area contributed by atoms with Crippen molar-refractivity contribution >= 4 is 35.8 Å². The van der Waals surface area contributed by atoms with E-state index >= 15 is 0 Å². The first-order valence-electron chi connectivity index (χ1n) is 8.92. The van der Waals surface area contributed by atoms with Crippen molar-refractivity contribution in [2.24, 2.45) is 10.9 Å². The van der Waals surface area contributed by atoms with Crippen molar-refractivity contribution in [3.05, 3.63) is 23.9 Å². The van der Waals surface area contributed by atoms with Crippen LogP contribution in [-0.4, -0.2) is 65.1 Å². The summed E-state index contributed by atoms with van der Waals surface area (Å²) in [5.41, 5.74) is 0.983. The van der Waals surface area contributed by atoms with E-state index < -0.39 is 0 Å². The zero-order chi connectivity index (χ0) is 17.9. The minimum Gasteiger partial charge on any atom is -0.381 e. The highest BCUT2D eigenvalue weighted by Gasteiger charge is 2.15. The van der Waals surface area contributed by atoms with Gasteiger partial charge in [0.25, 0.3) is 0 Å². The highest BCUT2D eigenvalue weighted by molar-refractivity contribution is 14.0. The van der Waals surface area contributed by atoms with Crippen molar-refractivity contribution in [1.82, 2.24) is 15.6 Å². The molecule has 1 fully saturated rings. The molecule has 1 aliphatic heterocycles. The number of nitrogens with zero attached hydrogens (tertiary/aromatic N) is 3. The maximum Gasteiger partial charge on any atom is 0.191 e. The number of aromatic nitrogens is 1. The zero-order valence-corrected chi connectivity index (χ0v) is 18.4. The molecule has 0 radical (unpaired) electrons. The Hall–Kier alpha value is -1.13. The molecule has 0 saturated carbocycles. The lowest BCUT2D eigenvalue weighted by Gasteiger charge is -2.14. The van der Waals surface area contributed by atoms with Gasteiger partial charge in [0.1, 0.15) is 5.82 Å². The Morgan fingerprint density at radius 2 is 2.23 bits per heavy atom. The molecule has 1 saturated heterocycles. The fourth-order valence-electron chi connectivity index (χ4n) is 2.56. The van der Waals surface area contributed by atoms with Gasteiger partial charge in [-0.05, 0) is 25.0 Å². The monoisotopic (exact) mass is 477 g/mol. The third-order valence-corrected chi connectivity index (χ3v) is 4.05. The molecule has 0 amide bonds. The number of hydrogen-bond acceptors (Lipinski definition) is 5. The maximum atomic E-state index is 5.70. The minimum absolute atomic E-state index is 0. The summed E-state index contributed by atoms with van der Waals surface area (Å²) in [6, 6.07) is 6.02. The van der Waals surface area contributed by atoms with Crippen LogP contribution in [0.5, 0.6) is 0 Å². The van der Waals surface area contributed by atoms with Crippen LogP contribution in [-0.2, 0) is 16.0 Å². The smallest absolute Gasteiger partial charge is 0.191 e. The average Bonchev–Trinajstić information content (AvgIpc) is 3.14. The number of guanidine groups is 1. The van der Waals surface area contributed by atoms with E-state index in [0.717, 1.165) is 63.3 Å². The summed E-state index contributed by atoms with van der Waals surface area (Å²) in [4.78, 5) is 10.8. The lowest BCUT2D eigenvalue weighted by molar-refractivity contribution is 0.0888. The van der Waals surface area contributed by atoms with Crippen LogP contribution in [0.15, 0.2) is 23.2 Å². The topological polar surface area (TPSA) is 71.0 Å². The molecule has 0 aromatic carbocycles. The van der Waals surface area contributed by atoms with Gasteiger partial charge in [0.05, 0.1) is 25.5 Å². The molecule has 0 aliphatic carbocycles. The van der Waals surface area contributed by atoms with Crippen LogP contribution in [0, 0.1) is 5.92 Å². The van der Waals surface area contributed by atoms with Gasteiger partial charge in [0, 0.05) is 46.8 Å². The van der Waals surface area contributed by atoms with Crippen molar-refractivity contribution < 1.29 is 9.47 Å². The first-order valence-corrected chi connectivity index (χ1v) is 8.92.